The summed E-state index contributed by atoms with van der Waals surface area (Å²) >= 11 is 3.52. The average molecular weight is 325 g/mol. The highest BCUT2D eigenvalue weighted by Crippen LogP contribution is 2.26. The Morgan fingerprint density at radius 3 is 2.58 bits per heavy atom. The van der Waals surface area contributed by atoms with Crippen molar-refractivity contribution in [3.05, 3.63) is 34.3 Å². The maximum Gasteiger partial charge on any atom is 0.223 e. The SMILES string of the molecule is C[C@@H](NC(=O)C1CCC(N)CC1)c1ccccc1Br. The minimum atomic E-state index is 0.0266. The van der Waals surface area contributed by atoms with Gasteiger partial charge in [-0.2, -0.15) is 0 Å². The lowest BCUT2D eigenvalue weighted by molar-refractivity contribution is -0.126. The van der Waals surface area contributed by atoms with E-state index in [1.807, 2.05) is 31.2 Å². The van der Waals surface area contributed by atoms with Crippen LogP contribution < -0.4 is 11.1 Å². The van der Waals surface area contributed by atoms with E-state index >= 15 is 0 Å². The molecule has 1 saturated carbocycles. The topological polar surface area (TPSA) is 55.1 Å². The molecule has 104 valence electrons. The average Bonchev–Trinajstić information content (AvgIpc) is 2.39. The number of benzene rings is 1. The zero-order valence-electron chi connectivity index (χ0n) is 11.2. The first-order chi connectivity index (χ1) is 9.08. The molecule has 0 aliphatic heterocycles. The second kappa shape index (κ2) is 6.53. The Morgan fingerprint density at radius 1 is 1.32 bits per heavy atom. The van der Waals surface area contributed by atoms with E-state index in [4.69, 9.17) is 5.73 Å². The van der Waals surface area contributed by atoms with Crippen molar-refractivity contribution >= 4 is 21.8 Å². The van der Waals surface area contributed by atoms with Crippen molar-refractivity contribution in [1.82, 2.24) is 5.32 Å². The number of nitrogens with two attached hydrogens (primary N) is 1. The molecule has 0 aromatic heterocycles. The number of carbonyl (C=O) groups excluding carboxylic acids is 1. The third-order valence-corrected chi connectivity index (χ3v) is 4.60. The fraction of sp³-hybridized carbons (Fsp3) is 0.533. The number of nitrogens with one attached hydrogen (secondary N) is 1. The molecule has 2 rings (SSSR count). The molecule has 3 N–H and O–H groups in total. The number of rotatable bonds is 3. The van der Waals surface area contributed by atoms with Crippen LogP contribution in [-0.2, 0) is 4.79 Å². The number of hydrogen-bond acceptors (Lipinski definition) is 2. The van der Waals surface area contributed by atoms with Crippen molar-refractivity contribution in [3.63, 3.8) is 0 Å². The highest BCUT2D eigenvalue weighted by Gasteiger charge is 2.25. The fourth-order valence-electron chi connectivity index (χ4n) is 2.62. The maximum atomic E-state index is 12.2. The summed E-state index contributed by atoms with van der Waals surface area (Å²) in [6.45, 7) is 2.02. The largest absolute Gasteiger partial charge is 0.349 e. The van der Waals surface area contributed by atoms with Gasteiger partial charge in [0, 0.05) is 16.4 Å². The lowest BCUT2D eigenvalue weighted by Crippen LogP contribution is -2.37. The van der Waals surface area contributed by atoms with Crippen molar-refractivity contribution in [2.24, 2.45) is 11.7 Å². The third kappa shape index (κ3) is 3.80. The zero-order chi connectivity index (χ0) is 13.8. The van der Waals surface area contributed by atoms with Gasteiger partial charge in [-0.3, -0.25) is 4.79 Å². The second-order valence-electron chi connectivity index (χ2n) is 5.36. The number of halogens is 1. The van der Waals surface area contributed by atoms with Crippen LogP contribution in [0.4, 0.5) is 0 Å². The smallest absolute Gasteiger partial charge is 0.223 e. The molecule has 1 atom stereocenters. The first-order valence-electron chi connectivity index (χ1n) is 6.88. The van der Waals surface area contributed by atoms with Gasteiger partial charge in [0.2, 0.25) is 5.91 Å². The molecule has 1 aromatic carbocycles. The second-order valence-corrected chi connectivity index (χ2v) is 6.22. The summed E-state index contributed by atoms with van der Waals surface area (Å²) in [7, 11) is 0. The van der Waals surface area contributed by atoms with Gasteiger partial charge >= 0.3 is 0 Å². The molecule has 4 heteroatoms. The fourth-order valence-corrected chi connectivity index (χ4v) is 3.24. The molecule has 0 radical (unpaired) electrons. The Labute approximate surface area is 123 Å². The Hall–Kier alpha value is -0.870. The Kier molecular flexibility index (Phi) is 4.99. The van der Waals surface area contributed by atoms with Gasteiger partial charge in [0.1, 0.15) is 0 Å². The molecule has 0 bridgehead atoms. The minimum Gasteiger partial charge on any atom is -0.349 e. The van der Waals surface area contributed by atoms with E-state index in [-0.39, 0.29) is 23.9 Å². The highest BCUT2D eigenvalue weighted by atomic mass is 79.9. The van der Waals surface area contributed by atoms with Crippen LogP contribution in [0.15, 0.2) is 28.7 Å². The van der Waals surface area contributed by atoms with Crippen LogP contribution in [0.1, 0.15) is 44.2 Å². The molecule has 1 aliphatic rings. The Bertz CT molecular complexity index is 442. The minimum absolute atomic E-state index is 0.0266. The van der Waals surface area contributed by atoms with Gasteiger partial charge in [-0.25, -0.2) is 0 Å². The van der Waals surface area contributed by atoms with Gasteiger partial charge in [-0.1, -0.05) is 34.1 Å². The predicted octanol–water partition coefficient (Wildman–Crippen LogP) is 3.14. The Morgan fingerprint density at radius 2 is 1.95 bits per heavy atom. The summed E-state index contributed by atoms with van der Waals surface area (Å²) < 4.78 is 1.04. The number of amides is 1. The monoisotopic (exact) mass is 324 g/mol. The highest BCUT2D eigenvalue weighted by molar-refractivity contribution is 9.10. The van der Waals surface area contributed by atoms with E-state index in [0.717, 1.165) is 35.7 Å². The number of hydrogen-bond donors (Lipinski definition) is 2. The van der Waals surface area contributed by atoms with Crippen molar-refractivity contribution in [2.75, 3.05) is 0 Å². The van der Waals surface area contributed by atoms with E-state index in [1.54, 1.807) is 0 Å². The van der Waals surface area contributed by atoms with Gasteiger partial charge in [0.05, 0.1) is 6.04 Å². The van der Waals surface area contributed by atoms with Gasteiger partial charge in [-0.15, -0.1) is 0 Å². The van der Waals surface area contributed by atoms with Crippen molar-refractivity contribution in [1.29, 1.82) is 0 Å². The summed E-state index contributed by atoms with van der Waals surface area (Å²) in [4.78, 5) is 12.2. The first-order valence-corrected chi connectivity index (χ1v) is 7.67. The standard InChI is InChI=1S/C15H21BrN2O/c1-10(13-4-2-3-5-14(13)16)18-15(19)11-6-8-12(17)9-7-11/h2-5,10-12H,6-9,17H2,1H3,(H,18,19)/t10-,11?,12?/m1/s1. The van der Waals surface area contributed by atoms with Crippen LogP contribution in [0.25, 0.3) is 0 Å². The van der Waals surface area contributed by atoms with Crippen LogP contribution in [-0.4, -0.2) is 11.9 Å². The summed E-state index contributed by atoms with van der Waals surface area (Å²) in [5.41, 5.74) is 6.99. The lowest BCUT2D eigenvalue weighted by Gasteiger charge is -2.26. The molecule has 3 nitrogen and oxygen atoms in total. The third-order valence-electron chi connectivity index (χ3n) is 3.87. The van der Waals surface area contributed by atoms with E-state index in [1.165, 1.54) is 0 Å². The molecule has 1 aliphatic carbocycles. The molecule has 19 heavy (non-hydrogen) atoms. The zero-order valence-corrected chi connectivity index (χ0v) is 12.8. The molecule has 0 spiro atoms. The summed E-state index contributed by atoms with van der Waals surface area (Å²) in [6, 6.07) is 8.31. The van der Waals surface area contributed by atoms with Crippen LogP contribution in [0.3, 0.4) is 0 Å². The summed E-state index contributed by atoms with van der Waals surface area (Å²) in [5, 5.41) is 3.11. The number of carbonyl (C=O) groups is 1. The predicted molar refractivity (Wildman–Crippen MR) is 80.6 cm³/mol. The van der Waals surface area contributed by atoms with Crippen molar-refractivity contribution in [3.8, 4) is 0 Å². The maximum absolute atomic E-state index is 12.2. The van der Waals surface area contributed by atoms with Gasteiger partial charge in [-0.05, 0) is 44.2 Å². The molecule has 1 aromatic rings. The summed E-state index contributed by atoms with van der Waals surface area (Å²) in [6.07, 6.45) is 3.74. The molecule has 0 saturated heterocycles. The van der Waals surface area contributed by atoms with Gasteiger partial charge < -0.3 is 11.1 Å². The van der Waals surface area contributed by atoms with Crippen LogP contribution in [0.2, 0.25) is 0 Å². The van der Waals surface area contributed by atoms with E-state index in [9.17, 15) is 4.79 Å². The van der Waals surface area contributed by atoms with Gasteiger partial charge in [0.15, 0.2) is 0 Å². The van der Waals surface area contributed by atoms with Crippen LogP contribution >= 0.6 is 15.9 Å². The van der Waals surface area contributed by atoms with E-state index in [2.05, 4.69) is 21.2 Å². The Balaban J connectivity index is 1.94. The van der Waals surface area contributed by atoms with Crippen molar-refractivity contribution < 1.29 is 4.79 Å². The molecule has 1 fully saturated rings. The first kappa shape index (κ1) is 14.5. The van der Waals surface area contributed by atoms with Gasteiger partial charge in [0.25, 0.3) is 0 Å². The van der Waals surface area contributed by atoms with Crippen LogP contribution in [0, 0.1) is 5.92 Å². The quantitative estimate of drug-likeness (QED) is 0.897. The molecule has 0 unspecified atom stereocenters. The normalized spacial score (nSPS) is 24.8. The van der Waals surface area contributed by atoms with E-state index < -0.39 is 0 Å². The van der Waals surface area contributed by atoms with Crippen molar-refractivity contribution in [2.45, 2.75) is 44.7 Å². The lowest BCUT2D eigenvalue weighted by atomic mass is 9.85. The molecular formula is C15H21BrN2O. The molecular weight excluding hydrogens is 304 g/mol. The van der Waals surface area contributed by atoms with Crippen LogP contribution in [0.5, 0.6) is 0 Å². The summed E-state index contributed by atoms with van der Waals surface area (Å²) in [5.74, 6) is 0.292. The molecule has 1 amide bonds. The molecule has 0 heterocycles. The van der Waals surface area contributed by atoms with E-state index in [0.29, 0.717) is 0 Å².